The first-order valence-electron chi connectivity index (χ1n) is 8.68. The zero-order valence-electron chi connectivity index (χ0n) is 14.5. The average Bonchev–Trinajstić information content (AvgIpc) is 3.31. The third kappa shape index (κ3) is 4.48. The van der Waals surface area contributed by atoms with E-state index in [1.807, 2.05) is 35.2 Å². The molecule has 4 heteroatoms. The van der Waals surface area contributed by atoms with Crippen LogP contribution in [0.1, 0.15) is 31.1 Å². The maximum absolute atomic E-state index is 12.9. The molecule has 0 N–H and O–H groups in total. The van der Waals surface area contributed by atoms with Gasteiger partial charge < -0.3 is 9.32 Å². The standard InChI is InChI=1S/C20H26N2O2/c1-16(18-10-11-18)21(2)15-20(23)22(14-19-9-6-12-24-19)13-17-7-4-3-5-8-17/h3-9,12,16,18H,10-11,13-15H2,1-2H3. The van der Waals surface area contributed by atoms with E-state index in [1.165, 1.54) is 12.8 Å². The number of rotatable bonds is 8. The quantitative estimate of drug-likeness (QED) is 0.744. The van der Waals surface area contributed by atoms with Crippen molar-refractivity contribution in [3.8, 4) is 0 Å². The molecule has 1 amide bonds. The topological polar surface area (TPSA) is 36.7 Å². The van der Waals surface area contributed by atoms with Crippen molar-refractivity contribution < 1.29 is 9.21 Å². The number of furan rings is 1. The van der Waals surface area contributed by atoms with Crippen LogP contribution < -0.4 is 0 Å². The first-order chi connectivity index (χ1) is 11.6. The van der Waals surface area contributed by atoms with Gasteiger partial charge in [-0.05, 0) is 50.4 Å². The number of hydrogen-bond acceptors (Lipinski definition) is 3. The second-order valence-electron chi connectivity index (χ2n) is 6.81. The predicted molar refractivity (Wildman–Crippen MR) is 94.2 cm³/mol. The molecule has 1 fully saturated rings. The monoisotopic (exact) mass is 326 g/mol. The van der Waals surface area contributed by atoms with Gasteiger partial charge in [0.1, 0.15) is 5.76 Å². The normalized spacial score (nSPS) is 15.5. The number of hydrogen-bond donors (Lipinski definition) is 0. The van der Waals surface area contributed by atoms with Crippen molar-refractivity contribution in [3.05, 3.63) is 60.1 Å². The van der Waals surface area contributed by atoms with Crippen molar-refractivity contribution in [2.24, 2.45) is 5.92 Å². The Morgan fingerprint density at radius 1 is 1.17 bits per heavy atom. The highest BCUT2D eigenvalue weighted by molar-refractivity contribution is 5.78. The molecule has 24 heavy (non-hydrogen) atoms. The van der Waals surface area contributed by atoms with Gasteiger partial charge in [-0.2, -0.15) is 0 Å². The van der Waals surface area contributed by atoms with Gasteiger partial charge in [-0.15, -0.1) is 0 Å². The highest BCUT2D eigenvalue weighted by Crippen LogP contribution is 2.34. The molecule has 0 spiro atoms. The molecule has 1 unspecified atom stereocenters. The molecule has 0 bridgehead atoms. The SMILES string of the molecule is CC(C1CC1)N(C)CC(=O)N(Cc1ccccc1)Cc1ccco1. The van der Waals surface area contributed by atoms with Gasteiger partial charge in [0, 0.05) is 12.6 Å². The predicted octanol–water partition coefficient (Wildman–Crippen LogP) is 3.54. The van der Waals surface area contributed by atoms with Crippen LogP contribution in [0.2, 0.25) is 0 Å². The lowest BCUT2D eigenvalue weighted by molar-refractivity contribution is -0.134. The number of likely N-dealkylation sites (N-methyl/N-ethyl adjacent to an activating group) is 1. The Hall–Kier alpha value is -2.07. The number of amides is 1. The summed E-state index contributed by atoms with van der Waals surface area (Å²) in [5.74, 6) is 1.72. The van der Waals surface area contributed by atoms with Crippen molar-refractivity contribution in [2.75, 3.05) is 13.6 Å². The van der Waals surface area contributed by atoms with E-state index in [-0.39, 0.29) is 5.91 Å². The summed E-state index contributed by atoms with van der Waals surface area (Å²) in [5.41, 5.74) is 1.13. The maximum Gasteiger partial charge on any atom is 0.237 e. The molecule has 1 aliphatic rings. The molecule has 0 saturated heterocycles. The van der Waals surface area contributed by atoms with E-state index in [9.17, 15) is 4.79 Å². The van der Waals surface area contributed by atoms with E-state index < -0.39 is 0 Å². The highest BCUT2D eigenvalue weighted by atomic mass is 16.3. The molecule has 1 aliphatic carbocycles. The summed E-state index contributed by atoms with van der Waals surface area (Å²) in [6.45, 7) is 3.78. The van der Waals surface area contributed by atoms with Crippen LogP contribution in [0.25, 0.3) is 0 Å². The fraction of sp³-hybridized carbons (Fsp3) is 0.450. The van der Waals surface area contributed by atoms with Gasteiger partial charge in [0.25, 0.3) is 0 Å². The van der Waals surface area contributed by atoms with Gasteiger partial charge in [-0.25, -0.2) is 0 Å². The molecule has 128 valence electrons. The molecule has 0 aliphatic heterocycles. The minimum absolute atomic E-state index is 0.144. The highest BCUT2D eigenvalue weighted by Gasteiger charge is 2.31. The lowest BCUT2D eigenvalue weighted by atomic mass is 10.2. The number of carbonyl (C=O) groups is 1. The van der Waals surface area contributed by atoms with Gasteiger partial charge >= 0.3 is 0 Å². The third-order valence-electron chi connectivity index (χ3n) is 4.88. The van der Waals surface area contributed by atoms with Crippen LogP contribution in [0, 0.1) is 5.92 Å². The molecular formula is C20H26N2O2. The number of carbonyl (C=O) groups excluding carboxylic acids is 1. The van der Waals surface area contributed by atoms with E-state index in [1.54, 1.807) is 6.26 Å². The fourth-order valence-corrected chi connectivity index (χ4v) is 3.02. The van der Waals surface area contributed by atoms with Crippen LogP contribution in [-0.2, 0) is 17.9 Å². The Kier molecular flexibility index (Phi) is 5.36. The third-order valence-corrected chi connectivity index (χ3v) is 4.88. The molecule has 2 aromatic rings. The lowest BCUT2D eigenvalue weighted by Crippen LogP contribution is -2.42. The molecular weight excluding hydrogens is 300 g/mol. The largest absolute Gasteiger partial charge is 0.467 e. The van der Waals surface area contributed by atoms with Gasteiger partial charge in [0.15, 0.2) is 0 Å². The van der Waals surface area contributed by atoms with Crippen LogP contribution in [0.15, 0.2) is 53.1 Å². The second kappa shape index (κ2) is 7.67. The molecule has 1 aromatic heterocycles. The molecule has 3 rings (SSSR count). The van der Waals surface area contributed by atoms with Crippen molar-refractivity contribution in [2.45, 2.75) is 38.9 Å². The van der Waals surface area contributed by atoms with Crippen LogP contribution in [0.5, 0.6) is 0 Å². The van der Waals surface area contributed by atoms with E-state index in [2.05, 4.69) is 31.0 Å². The summed E-state index contributed by atoms with van der Waals surface area (Å²) in [7, 11) is 2.05. The van der Waals surface area contributed by atoms with E-state index in [0.29, 0.717) is 25.7 Å². The van der Waals surface area contributed by atoms with Gasteiger partial charge in [-0.3, -0.25) is 9.69 Å². The molecule has 4 nitrogen and oxygen atoms in total. The summed E-state index contributed by atoms with van der Waals surface area (Å²) >= 11 is 0. The number of nitrogens with zero attached hydrogens (tertiary/aromatic N) is 2. The lowest BCUT2D eigenvalue weighted by Gasteiger charge is -2.28. The van der Waals surface area contributed by atoms with Crippen molar-refractivity contribution in [1.29, 1.82) is 0 Å². The van der Waals surface area contributed by atoms with Gasteiger partial charge in [0.05, 0.1) is 19.4 Å². The average molecular weight is 326 g/mol. The van der Waals surface area contributed by atoms with Crippen LogP contribution in [0.3, 0.4) is 0 Å². The first-order valence-corrected chi connectivity index (χ1v) is 8.68. The summed E-state index contributed by atoms with van der Waals surface area (Å²) in [4.78, 5) is 16.9. The molecule has 0 radical (unpaired) electrons. The smallest absolute Gasteiger partial charge is 0.237 e. The Morgan fingerprint density at radius 3 is 2.54 bits per heavy atom. The van der Waals surface area contributed by atoms with Gasteiger partial charge in [-0.1, -0.05) is 30.3 Å². The summed E-state index contributed by atoms with van der Waals surface area (Å²) in [5, 5.41) is 0. The zero-order valence-corrected chi connectivity index (χ0v) is 14.5. The minimum Gasteiger partial charge on any atom is -0.467 e. The van der Waals surface area contributed by atoms with E-state index >= 15 is 0 Å². The Balaban J connectivity index is 1.66. The Labute approximate surface area is 144 Å². The molecule has 1 aromatic carbocycles. The van der Waals surface area contributed by atoms with Crippen LogP contribution in [0.4, 0.5) is 0 Å². The fourth-order valence-electron chi connectivity index (χ4n) is 3.02. The van der Waals surface area contributed by atoms with E-state index in [0.717, 1.165) is 17.2 Å². The summed E-state index contributed by atoms with van der Waals surface area (Å²) in [6, 6.07) is 14.4. The summed E-state index contributed by atoms with van der Waals surface area (Å²) in [6.07, 6.45) is 4.24. The van der Waals surface area contributed by atoms with Crippen molar-refractivity contribution in [1.82, 2.24) is 9.80 Å². The van der Waals surface area contributed by atoms with Crippen molar-refractivity contribution >= 4 is 5.91 Å². The molecule has 1 heterocycles. The number of benzene rings is 1. The van der Waals surface area contributed by atoms with Gasteiger partial charge in [0.2, 0.25) is 5.91 Å². The molecule has 1 saturated carbocycles. The summed E-state index contributed by atoms with van der Waals surface area (Å²) < 4.78 is 5.45. The van der Waals surface area contributed by atoms with Crippen molar-refractivity contribution in [3.63, 3.8) is 0 Å². The van der Waals surface area contributed by atoms with E-state index in [4.69, 9.17) is 4.42 Å². The second-order valence-corrected chi connectivity index (χ2v) is 6.81. The maximum atomic E-state index is 12.9. The van der Waals surface area contributed by atoms with Crippen LogP contribution in [-0.4, -0.2) is 35.3 Å². The van der Waals surface area contributed by atoms with Crippen LogP contribution >= 0.6 is 0 Å². The first kappa shape index (κ1) is 16.8. The minimum atomic E-state index is 0.144. The Bertz CT molecular complexity index is 635. The zero-order chi connectivity index (χ0) is 16.9. The Morgan fingerprint density at radius 2 is 1.92 bits per heavy atom. The molecule has 1 atom stereocenters.